The van der Waals surface area contributed by atoms with Gasteiger partial charge in [-0.15, -0.1) is 0 Å². The van der Waals surface area contributed by atoms with Crippen molar-refractivity contribution in [2.75, 3.05) is 11.9 Å². The summed E-state index contributed by atoms with van der Waals surface area (Å²) in [5, 5.41) is 2.93. The number of anilines is 1. The van der Waals surface area contributed by atoms with Gasteiger partial charge in [0.05, 0.1) is 10.6 Å². The first-order valence-corrected chi connectivity index (χ1v) is 10.8. The predicted octanol–water partition coefficient (Wildman–Crippen LogP) is 4.83. The van der Waals surface area contributed by atoms with Crippen molar-refractivity contribution in [3.63, 3.8) is 0 Å². The van der Waals surface area contributed by atoms with E-state index in [1.807, 2.05) is 11.0 Å². The topological polar surface area (TPSA) is 84.7 Å². The van der Waals surface area contributed by atoms with Crippen molar-refractivity contribution < 1.29 is 14.3 Å². The lowest BCUT2D eigenvalue weighted by Gasteiger charge is -2.50. The van der Waals surface area contributed by atoms with E-state index in [-0.39, 0.29) is 17.5 Å². The molecule has 3 N–H and O–H groups in total. The fraction of sp³-hybridized carbons (Fsp3) is 0.391. The van der Waals surface area contributed by atoms with Gasteiger partial charge in [-0.1, -0.05) is 42.6 Å². The molecule has 30 heavy (non-hydrogen) atoms. The van der Waals surface area contributed by atoms with E-state index >= 15 is 0 Å². The summed E-state index contributed by atoms with van der Waals surface area (Å²) in [6, 6.07) is 13.7. The third kappa shape index (κ3) is 4.30. The molecule has 1 unspecified atom stereocenters. The highest BCUT2D eigenvalue weighted by Crippen LogP contribution is 2.38. The van der Waals surface area contributed by atoms with E-state index in [1.54, 1.807) is 42.5 Å². The Morgan fingerprint density at radius 2 is 1.87 bits per heavy atom. The molecule has 1 heterocycles. The zero-order valence-electron chi connectivity index (χ0n) is 16.8. The maximum absolute atomic E-state index is 13.3. The number of carbonyl (C=O) groups excluding carboxylic acids is 2. The number of para-hydroxylation sites is 1. The maximum Gasteiger partial charge on any atom is 0.417 e. The Morgan fingerprint density at radius 3 is 2.63 bits per heavy atom. The second kappa shape index (κ2) is 8.66. The van der Waals surface area contributed by atoms with E-state index in [4.69, 9.17) is 22.1 Å². The van der Waals surface area contributed by atoms with Crippen LogP contribution in [0.25, 0.3) is 0 Å². The normalized spacial score (nSPS) is 23.4. The van der Waals surface area contributed by atoms with Gasteiger partial charge in [-0.25, -0.2) is 4.79 Å². The second-order valence-electron chi connectivity index (χ2n) is 8.12. The molecule has 2 fully saturated rings. The summed E-state index contributed by atoms with van der Waals surface area (Å²) in [7, 11) is 0. The molecule has 2 amide bonds. The van der Waals surface area contributed by atoms with Gasteiger partial charge in [0, 0.05) is 23.8 Å². The van der Waals surface area contributed by atoms with Crippen LogP contribution in [0, 0.1) is 0 Å². The summed E-state index contributed by atoms with van der Waals surface area (Å²) < 4.78 is 5.22. The fourth-order valence-electron chi connectivity index (χ4n) is 4.64. The van der Waals surface area contributed by atoms with E-state index in [1.165, 1.54) is 0 Å². The smallest absolute Gasteiger partial charge is 0.410 e. The molecule has 2 atom stereocenters. The summed E-state index contributed by atoms with van der Waals surface area (Å²) in [5.41, 5.74) is 7.26. The molecule has 0 aromatic heterocycles. The molecule has 6 nitrogen and oxygen atoms in total. The Balaban J connectivity index is 1.46. The molecule has 0 radical (unpaired) electrons. The van der Waals surface area contributed by atoms with Gasteiger partial charge >= 0.3 is 6.09 Å². The lowest BCUT2D eigenvalue weighted by atomic mass is 9.72. The predicted molar refractivity (Wildman–Crippen MR) is 117 cm³/mol. The monoisotopic (exact) mass is 427 g/mol. The van der Waals surface area contributed by atoms with Gasteiger partial charge in [0.25, 0.3) is 5.91 Å². The van der Waals surface area contributed by atoms with E-state index in [0.717, 1.165) is 38.5 Å². The van der Waals surface area contributed by atoms with Crippen LogP contribution in [0.5, 0.6) is 5.75 Å². The highest BCUT2D eigenvalue weighted by molar-refractivity contribution is 6.34. The van der Waals surface area contributed by atoms with E-state index in [2.05, 4.69) is 5.32 Å². The number of benzene rings is 2. The number of amides is 2. The van der Waals surface area contributed by atoms with Gasteiger partial charge in [0.2, 0.25) is 0 Å². The molecule has 1 aliphatic heterocycles. The van der Waals surface area contributed by atoms with Crippen LogP contribution in [-0.4, -0.2) is 35.0 Å². The number of hydrogen-bond acceptors (Lipinski definition) is 4. The number of nitrogens with zero attached hydrogens (tertiary/aromatic N) is 1. The average molecular weight is 428 g/mol. The standard InChI is InChI=1S/C23H26ClN3O3/c24-19-15-16(26-22(29)30-17-7-2-1-3-8-17)10-11-18(19)21(28)27-14-6-13-23(25)12-5-4-9-20(23)27/h1-3,7-8,10-11,15,20H,4-6,9,12-14,25H2,(H,26,29)/t20-,23?/m1/s1. The van der Waals surface area contributed by atoms with Crippen LogP contribution >= 0.6 is 11.6 Å². The number of nitrogens with two attached hydrogens (primary N) is 1. The van der Waals surface area contributed by atoms with Crippen LogP contribution in [0.2, 0.25) is 5.02 Å². The number of piperidine rings is 1. The Labute approximate surface area is 181 Å². The first-order valence-electron chi connectivity index (χ1n) is 10.4. The van der Waals surface area contributed by atoms with Crippen molar-refractivity contribution in [3.05, 3.63) is 59.1 Å². The third-order valence-electron chi connectivity index (χ3n) is 6.11. The zero-order valence-corrected chi connectivity index (χ0v) is 17.5. The third-order valence-corrected chi connectivity index (χ3v) is 6.42. The molecule has 4 rings (SSSR count). The van der Waals surface area contributed by atoms with E-state index in [0.29, 0.717) is 28.6 Å². The number of halogens is 1. The molecule has 0 spiro atoms. The van der Waals surface area contributed by atoms with Crippen molar-refractivity contribution in [1.82, 2.24) is 4.90 Å². The van der Waals surface area contributed by atoms with Crippen LogP contribution < -0.4 is 15.8 Å². The first kappa shape index (κ1) is 20.7. The van der Waals surface area contributed by atoms with Crippen molar-refractivity contribution in [1.29, 1.82) is 0 Å². The van der Waals surface area contributed by atoms with Crippen LogP contribution in [0.15, 0.2) is 48.5 Å². The number of nitrogens with one attached hydrogen (secondary N) is 1. The molecule has 2 aromatic carbocycles. The number of likely N-dealkylation sites (tertiary alicyclic amines) is 1. The molecular formula is C23H26ClN3O3. The lowest BCUT2D eigenvalue weighted by Crippen LogP contribution is -2.64. The molecule has 158 valence electrons. The Morgan fingerprint density at radius 1 is 1.10 bits per heavy atom. The minimum Gasteiger partial charge on any atom is -0.410 e. The van der Waals surface area contributed by atoms with Crippen LogP contribution in [-0.2, 0) is 0 Å². The Hall–Kier alpha value is -2.57. The maximum atomic E-state index is 13.3. The summed E-state index contributed by atoms with van der Waals surface area (Å²) in [6.07, 6.45) is 5.35. The van der Waals surface area contributed by atoms with Crippen LogP contribution in [0.4, 0.5) is 10.5 Å². The quantitative estimate of drug-likeness (QED) is 0.734. The minimum atomic E-state index is -0.623. The number of carbonyl (C=O) groups is 2. The molecule has 1 saturated heterocycles. The van der Waals surface area contributed by atoms with Crippen molar-refractivity contribution in [2.45, 2.75) is 50.1 Å². The van der Waals surface area contributed by atoms with E-state index < -0.39 is 6.09 Å². The summed E-state index contributed by atoms with van der Waals surface area (Å²) in [6.45, 7) is 0.697. The molecule has 7 heteroatoms. The second-order valence-corrected chi connectivity index (χ2v) is 8.53. The fourth-order valence-corrected chi connectivity index (χ4v) is 4.90. The van der Waals surface area contributed by atoms with Gasteiger partial charge < -0.3 is 15.4 Å². The van der Waals surface area contributed by atoms with Crippen molar-refractivity contribution in [2.24, 2.45) is 5.73 Å². The van der Waals surface area contributed by atoms with Crippen LogP contribution in [0.1, 0.15) is 48.9 Å². The molecule has 2 aliphatic rings. The van der Waals surface area contributed by atoms with Crippen molar-refractivity contribution in [3.8, 4) is 5.75 Å². The first-order chi connectivity index (χ1) is 14.5. The number of fused-ring (bicyclic) bond motifs is 1. The number of rotatable bonds is 3. The average Bonchev–Trinajstić information content (AvgIpc) is 2.73. The summed E-state index contributed by atoms with van der Waals surface area (Å²) >= 11 is 6.43. The number of hydrogen-bond donors (Lipinski definition) is 2. The van der Waals surface area contributed by atoms with Gasteiger partial charge in [-0.05, 0) is 56.0 Å². The number of ether oxygens (including phenoxy) is 1. The highest BCUT2D eigenvalue weighted by Gasteiger charge is 2.45. The molecule has 0 bridgehead atoms. The molecule has 2 aromatic rings. The van der Waals surface area contributed by atoms with Crippen molar-refractivity contribution >= 4 is 29.3 Å². The molecule has 1 aliphatic carbocycles. The molecule has 1 saturated carbocycles. The van der Waals surface area contributed by atoms with E-state index in [9.17, 15) is 9.59 Å². The van der Waals surface area contributed by atoms with Gasteiger partial charge in [-0.2, -0.15) is 0 Å². The van der Waals surface area contributed by atoms with Gasteiger partial charge in [-0.3, -0.25) is 10.1 Å². The zero-order chi connectivity index (χ0) is 21.1. The Bertz CT molecular complexity index is 933. The minimum absolute atomic E-state index is 0.0576. The largest absolute Gasteiger partial charge is 0.417 e. The SMILES string of the molecule is NC12CCCC[C@H]1N(C(=O)c1ccc(NC(=O)Oc3ccccc3)cc1Cl)CCC2. The summed E-state index contributed by atoms with van der Waals surface area (Å²) in [4.78, 5) is 27.3. The highest BCUT2D eigenvalue weighted by atomic mass is 35.5. The van der Waals surface area contributed by atoms with Gasteiger partial charge in [0.15, 0.2) is 0 Å². The lowest BCUT2D eigenvalue weighted by molar-refractivity contribution is 0.0287. The molecular weight excluding hydrogens is 402 g/mol. The van der Waals surface area contributed by atoms with Gasteiger partial charge in [0.1, 0.15) is 5.75 Å². The van der Waals surface area contributed by atoms with Crippen LogP contribution in [0.3, 0.4) is 0 Å². The summed E-state index contributed by atoms with van der Waals surface area (Å²) in [5.74, 6) is 0.343. The Kier molecular flexibility index (Phi) is 5.97.